The highest BCUT2D eigenvalue weighted by Crippen LogP contribution is 2.28. The summed E-state index contributed by atoms with van der Waals surface area (Å²) in [4.78, 5) is 14.4. The van der Waals surface area contributed by atoms with Crippen LogP contribution in [0.3, 0.4) is 0 Å². The maximum Gasteiger partial charge on any atom is 0.277 e. The van der Waals surface area contributed by atoms with E-state index in [0.717, 1.165) is 18.5 Å². The third-order valence-corrected chi connectivity index (χ3v) is 5.17. The molecule has 0 aliphatic carbocycles. The highest BCUT2D eigenvalue weighted by Gasteiger charge is 2.22. The van der Waals surface area contributed by atoms with Crippen molar-refractivity contribution in [1.29, 1.82) is 0 Å². The molecule has 28 heavy (non-hydrogen) atoms. The number of nitrogens with zero attached hydrogens (tertiary/aromatic N) is 3. The minimum absolute atomic E-state index is 0.000457. The predicted octanol–water partition coefficient (Wildman–Crippen LogP) is 3.86. The Bertz CT molecular complexity index is 979. The average molecular weight is 399 g/mol. The van der Waals surface area contributed by atoms with Gasteiger partial charge in [0.2, 0.25) is 5.91 Å². The van der Waals surface area contributed by atoms with Crippen molar-refractivity contribution >= 4 is 23.4 Å². The summed E-state index contributed by atoms with van der Waals surface area (Å²) in [5.41, 5.74) is 2.17. The summed E-state index contributed by atoms with van der Waals surface area (Å²) in [6, 6.07) is 14.1. The average Bonchev–Trinajstić information content (AvgIpc) is 3.19. The third kappa shape index (κ3) is 4.17. The van der Waals surface area contributed by atoms with E-state index in [0.29, 0.717) is 6.54 Å². The van der Waals surface area contributed by atoms with Gasteiger partial charge in [-0.3, -0.25) is 4.79 Å². The first-order valence-corrected chi connectivity index (χ1v) is 9.90. The minimum Gasteiger partial charge on any atom is -0.481 e. The molecule has 2 aromatic carbocycles. The molecule has 1 aromatic heterocycles. The fraction of sp³-hybridized carbons (Fsp3) is 0.250. The van der Waals surface area contributed by atoms with Crippen molar-refractivity contribution in [3.8, 4) is 5.75 Å². The van der Waals surface area contributed by atoms with Gasteiger partial charge < -0.3 is 14.1 Å². The summed E-state index contributed by atoms with van der Waals surface area (Å²) < 4.78 is 24.4. The molecule has 0 atom stereocenters. The molecule has 2 heterocycles. The molecule has 0 saturated heterocycles. The Morgan fingerprint density at radius 2 is 2.00 bits per heavy atom. The van der Waals surface area contributed by atoms with Crippen molar-refractivity contribution in [3.63, 3.8) is 0 Å². The highest BCUT2D eigenvalue weighted by atomic mass is 32.2. The number of thioether (sulfide) groups is 1. The zero-order chi connectivity index (χ0) is 19.3. The van der Waals surface area contributed by atoms with Crippen molar-refractivity contribution in [3.05, 3.63) is 65.8 Å². The van der Waals surface area contributed by atoms with E-state index in [4.69, 9.17) is 9.15 Å². The van der Waals surface area contributed by atoms with Crippen molar-refractivity contribution in [1.82, 2.24) is 10.2 Å². The van der Waals surface area contributed by atoms with E-state index in [2.05, 4.69) is 16.3 Å². The quantitative estimate of drug-likeness (QED) is 0.587. The Kier molecular flexibility index (Phi) is 5.57. The molecular formula is C20H18FN3O3S. The number of rotatable bonds is 6. The Labute approximate surface area is 165 Å². The van der Waals surface area contributed by atoms with Crippen LogP contribution in [0, 0.1) is 5.82 Å². The van der Waals surface area contributed by atoms with Gasteiger partial charge in [0, 0.05) is 12.2 Å². The van der Waals surface area contributed by atoms with Gasteiger partial charge in [0.1, 0.15) is 0 Å². The highest BCUT2D eigenvalue weighted by molar-refractivity contribution is 7.99. The van der Waals surface area contributed by atoms with Gasteiger partial charge in [0.25, 0.3) is 11.1 Å². The van der Waals surface area contributed by atoms with Crippen molar-refractivity contribution in [2.45, 2.75) is 24.7 Å². The van der Waals surface area contributed by atoms with Crippen molar-refractivity contribution in [2.75, 3.05) is 17.2 Å². The number of fused-ring (bicyclic) bond motifs is 1. The molecule has 1 aliphatic heterocycles. The van der Waals surface area contributed by atoms with E-state index >= 15 is 0 Å². The Hall–Kier alpha value is -2.87. The molecule has 1 amide bonds. The number of anilines is 1. The van der Waals surface area contributed by atoms with Gasteiger partial charge >= 0.3 is 0 Å². The Morgan fingerprint density at radius 3 is 2.89 bits per heavy atom. The van der Waals surface area contributed by atoms with Crippen LogP contribution in [-0.2, 0) is 17.8 Å². The number of carbonyl (C=O) groups is 1. The first kappa shape index (κ1) is 18.5. The zero-order valence-corrected chi connectivity index (χ0v) is 15.8. The second kappa shape index (κ2) is 8.43. The van der Waals surface area contributed by atoms with Gasteiger partial charge in [-0.2, -0.15) is 0 Å². The van der Waals surface area contributed by atoms with E-state index in [1.54, 1.807) is 12.1 Å². The maximum absolute atomic E-state index is 13.6. The summed E-state index contributed by atoms with van der Waals surface area (Å²) in [6.07, 6.45) is 1.94. The number of carbonyl (C=O) groups excluding carboxylic acids is 1. The predicted molar refractivity (Wildman–Crippen MR) is 103 cm³/mol. The number of benzene rings is 2. The normalized spacial score (nSPS) is 13.2. The number of amides is 1. The molecule has 0 saturated carbocycles. The SMILES string of the molecule is O=C(CSc1nnc(COc2ccccc2F)o1)N1CCCc2ccccc21. The zero-order valence-electron chi connectivity index (χ0n) is 15.0. The van der Waals surface area contributed by atoms with Crippen LogP contribution in [0.1, 0.15) is 17.9 Å². The minimum atomic E-state index is -0.455. The van der Waals surface area contributed by atoms with E-state index in [9.17, 15) is 9.18 Å². The van der Waals surface area contributed by atoms with E-state index in [1.807, 2.05) is 23.1 Å². The van der Waals surface area contributed by atoms with Crippen LogP contribution in [0.25, 0.3) is 0 Å². The first-order valence-electron chi connectivity index (χ1n) is 8.91. The molecule has 0 radical (unpaired) electrons. The van der Waals surface area contributed by atoms with Gasteiger partial charge in [-0.05, 0) is 36.6 Å². The lowest BCUT2D eigenvalue weighted by Crippen LogP contribution is -2.36. The van der Waals surface area contributed by atoms with Crippen LogP contribution >= 0.6 is 11.8 Å². The molecule has 0 unspecified atom stereocenters. The lowest BCUT2D eigenvalue weighted by atomic mass is 10.0. The summed E-state index contributed by atoms with van der Waals surface area (Å²) >= 11 is 1.18. The number of halogens is 1. The summed E-state index contributed by atoms with van der Waals surface area (Å²) in [6.45, 7) is 0.671. The van der Waals surface area contributed by atoms with Gasteiger partial charge in [-0.15, -0.1) is 10.2 Å². The molecule has 3 aromatic rings. The van der Waals surface area contributed by atoms with E-state index in [-0.39, 0.29) is 35.1 Å². The van der Waals surface area contributed by atoms with Crippen LogP contribution in [0.15, 0.2) is 58.2 Å². The third-order valence-electron chi connectivity index (χ3n) is 4.37. The molecule has 1 aliphatic rings. The first-order chi connectivity index (χ1) is 13.7. The Morgan fingerprint density at radius 1 is 1.18 bits per heavy atom. The number of hydrogen-bond donors (Lipinski definition) is 0. The molecule has 144 valence electrons. The largest absolute Gasteiger partial charge is 0.481 e. The molecule has 0 fully saturated rings. The molecule has 0 N–H and O–H groups in total. The van der Waals surface area contributed by atoms with Gasteiger partial charge in [-0.25, -0.2) is 4.39 Å². The number of para-hydroxylation sites is 2. The van der Waals surface area contributed by atoms with Crippen LogP contribution in [0.5, 0.6) is 5.75 Å². The molecule has 6 nitrogen and oxygen atoms in total. The van der Waals surface area contributed by atoms with Gasteiger partial charge in [-0.1, -0.05) is 42.1 Å². The second-order valence-corrected chi connectivity index (χ2v) is 7.17. The van der Waals surface area contributed by atoms with E-state index in [1.165, 1.54) is 29.5 Å². The fourth-order valence-corrected chi connectivity index (χ4v) is 3.71. The standard InChI is InChI=1S/C20H18FN3O3S/c21-15-8-2-4-10-17(15)26-12-18-22-23-20(27-18)28-13-19(25)24-11-5-7-14-6-1-3-9-16(14)24/h1-4,6,8-10H,5,7,11-13H2. The van der Waals surface area contributed by atoms with Gasteiger partial charge in [0.05, 0.1) is 5.75 Å². The topological polar surface area (TPSA) is 68.5 Å². The lowest BCUT2D eigenvalue weighted by molar-refractivity contribution is -0.116. The maximum atomic E-state index is 13.6. The smallest absolute Gasteiger partial charge is 0.277 e. The molecule has 0 bridgehead atoms. The number of aromatic nitrogens is 2. The second-order valence-electron chi connectivity index (χ2n) is 6.25. The van der Waals surface area contributed by atoms with Crippen molar-refractivity contribution in [2.24, 2.45) is 0 Å². The van der Waals surface area contributed by atoms with Crippen LogP contribution < -0.4 is 9.64 Å². The molecule has 8 heteroatoms. The van der Waals surface area contributed by atoms with Crippen LogP contribution in [0.2, 0.25) is 0 Å². The molecular weight excluding hydrogens is 381 g/mol. The number of aryl methyl sites for hydroxylation is 1. The molecule has 0 spiro atoms. The van der Waals surface area contributed by atoms with Crippen LogP contribution in [0.4, 0.5) is 10.1 Å². The fourth-order valence-electron chi connectivity index (χ4n) is 3.05. The summed E-state index contributed by atoms with van der Waals surface area (Å²) in [5.74, 6) is 0.0864. The number of hydrogen-bond acceptors (Lipinski definition) is 6. The number of ether oxygens (including phenoxy) is 1. The van der Waals surface area contributed by atoms with Crippen molar-refractivity contribution < 1.29 is 18.3 Å². The van der Waals surface area contributed by atoms with Gasteiger partial charge in [0.15, 0.2) is 18.2 Å². The van der Waals surface area contributed by atoms with Crippen LogP contribution in [-0.4, -0.2) is 28.4 Å². The van der Waals surface area contributed by atoms with E-state index < -0.39 is 5.82 Å². The summed E-state index contributed by atoms with van der Waals surface area (Å²) in [7, 11) is 0. The summed E-state index contributed by atoms with van der Waals surface area (Å²) in [5, 5.41) is 8.07. The monoisotopic (exact) mass is 399 g/mol. The lowest BCUT2D eigenvalue weighted by Gasteiger charge is -2.29. The molecule has 4 rings (SSSR count). The Balaban J connectivity index is 1.32.